The molecule has 0 aromatic rings. The summed E-state index contributed by atoms with van der Waals surface area (Å²) in [5.41, 5.74) is 0. The first-order chi connectivity index (χ1) is 3.61. The largest absolute Gasteiger partial charge is 0.405 e. The molecule has 1 heterocycles. The highest BCUT2D eigenvalue weighted by molar-refractivity contribution is 4.83. The van der Waals surface area contributed by atoms with Gasteiger partial charge in [-0.05, 0) is 6.42 Å². The molecule has 1 aliphatic heterocycles. The summed E-state index contributed by atoms with van der Waals surface area (Å²) in [7, 11) is 0. The van der Waals surface area contributed by atoms with Crippen LogP contribution in [0.1, 0.15) is 6.42 Å². The van der Waals surface area contributed by atoms with Crippen molar-refractivity contribution in [3.05, 3.63) is 0 Å². The van der Waals surface area contributed by atoms with Gasteiger partial charge >= 0.3 is 6.18 Å². The normalized spacial score (nSPS) is 29.6. The molecular weight excluding hydrogens is 119 g/mol. The average Bonchev–Trinajstić information content (AvgIpc) is 1.16. The van der Waals surface area contributed by atoms with Gasteiger partial charge in [-0.2, -0.15) is 13.2 Å². The molecule has 1 unspecified atom stereocenters. The van der Waals surface area contributed by atoms with Gasteiger partial charge in [0.05, 0.1) is 0 Å². The number of hydrogen-bond acceptors (Lipinski definition) is 0. The SMILES string of the molecule is FC(F)(F)C1CC[N]1. The van der Waals surface area contributed by atoms with E-state index in [0.717, 1.165) is 0 Å². The minimum Gasteiger partial charge on any atom is -0.229 e. The van der Waals surface area contributed by atoms with Gasteiger partial charge in [0, 0.05) is 6.54 Å². The fraction of sp³-hybridized carbons (Fsp3) is 1.00. The van der Waals surface area contributed by atoms with Crippen molar-refractivity contribution in [2.24, 2.45) is 0 Å². The first-order valence-electron chi connectivity index (χ1n) is 2.34. The summed E-state index contributed by atoms with van der Waals surface area (Å²) >= 11 is 0. The molecule has 1 rings (SSSR count). The Morgan fingerprint density at radius 2 is 1.88 bits per heavy atom. The lowest BCUT2D eigenvalue weighted by molar-refractivity contribution is -0.170. The lowest BCUT2D eigenvalue weighted by atomic mass is 10.1. The summed E-state index contributed by atoms with van der Waals surface area (Å²) in [5, 5.41) is 3.22. The Labute approximate surface area is 44.9 Å². The van der Waals surface area contributed by atoms with E-state index in [2.05, 4.69) is 5.32 Å². The second kappa shape index (κ2) is 1.62. The van der Waals surface area contributed by atoms with Gasteiger partial charge in [0.25, 0.3) is 0 Å². The first-order valence-corrected chi connectivity index (χ1v) is 2.34. The zero-order valence-electron chi connectivity index (χ0n) is 4.07. The Kier molecular flexibility index (Phi) is 1.19. The minimum absolute atomic E-state index is 0.184. The van der Waals surface area contributed by atoms with Crippen LogP contribution in [-0.4, -0.2) is 18.8 Å². The fourth-order valence-electron chi connectivity index (χ4n) is 0.525. The highest BCUT2D eigenvalue weighted by Gasteiger charge is 2.43. The van der Waals surface area contributed by atoms with Crippen molar-refractivity contribution >= 4 is 0 Å². The molecule has 1 fully saturated rings. The predicted molar refractivity (Wildman–Crippen MR) is 21.5 cm³/mol. The zero-order chi connectivity index (χ0) is 6.20. The van der Waals surface area contributed by atoms with E-state index in [1.54, 1.807) is 0 Å². The lowest BCUT2D eigenvalue weighted by Crippen LogP contribution is -2.47. The Bertz CT molecular complexity index is 83.8. The summed E-state index contributed by atoms with van der Waals surface area (Å²) < 4.78 is 34.2. The zero-order valence-corrected chi connectivity index (χ0v) is 4.07. The summed E-state index contributed by atoms with van der Waals surface area (Å²) in [6.45, 7) is 0.379. The van der Waals surface area contributed by atoms with Crippen molar-refractivity contribution in [1.82, 2.24) is 5.32 Å². The van der Waals surface area contributed by atoms with Crippen molar-refractivity contribution in [2.75, 3.05) is 6.54 Å². The molecule has 0 bridgehead atoms. The van der Waals surface area contributed by atoms with Crippen LogP contribution < -0.4 is 5.32 Å². The Hall–Kier alpha value is -0.250. The Morgan fingerprint density at radius 1 is 1.38 bits per heavy atom. The van der Waals surface area contributed by atoms with E-state index < -0.39 is 12.2 Å². The van der Waals surface area contributed by atoms with Crippen molar-refractivity contribution in [1.29, 1.82) is 0 Å². The van der Waals surface area contributed by atoms with Crippen LogP contribution in [0, 0.1) is 0 Å². The summed E-state index contributed by atoms with van der Waals surface area (Å²) in [6, 6.07) is -1.34. The third-order valence-corrected chi connectivity index (χ3v) is 1.13. The standard InChI is InChI=1S/C4H5F3N/c5-4(6,7)3-1-2-8-3/h3H,1-2H2. The number of alkyl halides is 3. The number of rotatable bonds is 0. The van der Waals surface area contributed by atoms with Crippen LogP contribution in [0.5, 0.6) is 0 Å². The fourth-order valence-corrected chi connectivity index (χ4v) is 0.525. The third kappa shape index (κ3) is 0.940. The van der Waals surface area contributed by atoms with Crippen molar-refractivity contribution < 1.29 is 13.2 Å². The molecule has 1 atom stereocenters. The van der Waals surface area contributed by atoms with Gasteiger partial charge in [-0.25, -0.2) is 5.32 Å². The van der Waals surface area contributed by atoms with Crippen LogP contribution in [0.25, 0.3) is 0 Å². The van der Waals surface area contributed by atoms with E-state index in [-0.39, 0.29) is 6.42 Å². The quantitative estimate of drug-likeness (QED) is 0.456. The molecule has 8 heavy (non-hydrogen) atoms. The van der Waals surface area contributed by atoms with E-state index in [9.17, 15) is 13.2 Å². The molecule has 47 valence electrons. The molecule has 0 aromatic carbocycles. The van der Waals surface area contributed by atoms with Crippen molar-refractivity contribution in [2.45, 2.75) is 18.6 Å². The first kappa shape index (κ1) is 5.88. The van der Waals surface area contributed by atoms with Gasteiger partial charge in [0.2, 0.25) is 0 Å². The van der Waals surface area contributed by atoms with Crippen LogP contribution in [-0.2, 0) is 0 Å². The highest BCUT2D eigenvalue weighted by Crippen LogP contribution is 2.26. The highest BCUT2D eigenvalue weighted by atomic mass is 19.4. The van der Waals surface area contributed by atoms with Crippen LogP contribution in [0.3, 0.4) is 0 Å². The smallest absolute Gasteiger partial charge is 0.229 e. The lowest BCUT2D eigenvalue weighted by Gasteiger charge is -2.27. The minimum atomic E-state index is -4.07. The summed E-state index contributed by atoms with van der Waals surface area (Å²) in [6.07, 6.45) is -3.89. The van der Waals surface area contributed by atoms with Gasteiger partial charge in [0.1, 0.15) is 6.04 Å². The van der Waals surface area contributed by atoms with Crippen LogP contribution in [0.15, 0.2) is 0 Å². The maximum atomic E-state index is 11.4. The maximum absolute atomic E-state index is 11.4. The molecule has 0 N–H and O–H groups in total. The average molecular weight is 124 g/mol. The van der Waals surface area contributed by atoms with E-state index >= 15 is 0 Å². The molecule has 0 aliphatic carbocycles. The van der Waals surface area contributed by atoms with Gasteiger partial charge < -0.3 is 0 Å². The monoisotopic (exact) mass is 124 g/mol. The van der Waals surface area contributed by atoms with Crippen LogP contribution >= 0.6 is 0 Å². The van der Waals surface area contributed by atoms with E-state index in [4.69, 9.17) is 0 Å². The van der Waals surface area contributed by atoms with Gasteiger partial charge in [0.15, 0.2) is 0 Å². The summed E-state index contributed by atoms with van der Waals surface area (Å²) in [5.74, 6) is 0. The number of halogens is 3. The molecule has 0 saturated carbocycles. The molecule has 1 nitrogen and oxygen atoms in total. The molecule has 1 radical (unpaired) electrons. The molecule has 0 aromatic heterocycles. The van der Waals surface area contributed by atoms with Crippen LogP contribution in [0.4, 0.5) is 13.2 Å². The Balaban J connectivity index is 2.34. The van der Waals surface area contributed by atoms with E-state index in [1.165, 1.54) is 0 Å². The second-order valence-electron chi connectivity index (χ2n) is 1.75. The maximum Gasteiger partial charge on any atom is 0.405 e. The number of nitrogens with zero attached hydrogens (tertiary/aromatic N) is 1. The topological polar surface area (TPSA) is 14.1 Å². The predicted octanol–water partition coefficient (Wildman–Crippen LogP) is 0.925. The number of hydrogen-bond donors (Lipinski definition) is 0. The molecule has 1 saturated heterocycles. The van der Waals surface area contributed by atoms with Gasteiger partial charge in [-0.3, -0.25) is 0 Å². The molecule has 4 heteroatoms. The molecule has 0 amide bonds. The van der Waals surface area contributed by atoms with E-state index in [1.807, 2.05) is 0 Å². The molecule has 0 spiro atoms. The van der Waals surface area contributed by atoms with E-state index in [0.29, 0.717) is 6.54 Å². The van der Waals surface area contributed by atoms with Crippen LogP contribution in [0.2, 0.25) is 0 Å². The molecular formula is C4H5F3N. The Morgan fingerprint density at radius 3 is 1.88 bits per heavy atom. The van der Waals surface area contributed by atoms with Gasteiger partial charge in [-0.1, -0.05) is 0 Å². The second-order valence-corrected chi connectivity index (χ2v) is 1.75. The van der Waals surface area contributed by atoms with Crippen molar-refractivity contribution in [3.8, 4) is 0 Å². The van der Waals surface area contributed by atoms with Gasteiger partial charge in [-0.15, -0.1) is 0 Å². The third-order valence-electron chi connectivity index (χ3n) is 1.13. The molecule has 1 aliphatic rings. The summed E-state index contributed by atoms with van der Waals surface area (Å²) in [4.78, 5) is 0. The van der Waals surface area contributed by atoms with Crippen molar-refractivity contribution in [3.63, 3.8) is 0 Å².